The second-order valence-corrected chi connectivity index (χ2v) is 7.31. The largest absolute Gasteiger partial charge is 0.495 e. The molecule has 3 N–H and O–H groups in total. The summed E-state index contributed by atoms with van der Waals surface area (Å²) in [7, 11) is 1.50. The number of carboxylic acid groups (broad SMARTS) is 1. The Morgan fingerprint density at radius 1 is 1.26 bits per heavy atom. The van der Waals surface area contributed by atoms with Gasteiger partial charge in [-0.05, 0) is 38.5 Å². The first-order valence-corrected chi connectivity index (χ1v) is 9.06. The van der Waals surface area contributed by atoms with E-state index in [-0.39, 0.29) is 18.7 Å². The second kappa shape index (κ2) is 9.60. The molecule has 0 spiro atoms. The minimum Gasteiger partial charge on any atom is -0.495 e. The van der Waals surface area contributed by atoms with Crippen molar-refractivity contribution >= 4 is 29.4 Å². The molecular weight excluding hydrogens is 372 g/mol. The molecule has 0 radical (unpaired) electrons. The quantitative estimate of drug-likeness (QED) is 0.592. The number of carboxylic acids is 1. The summed E-state index contributed by atoms with van der Waals surface area (Å²) in [5.41, 5.74) is -0.416. The fraction of sp³-hybridized carbons (Fsp3) is 0.526. The lowest BCUT2D eigenvalue weighted by atomic mass is 9.85. The van der Waals surface area contributed by atoms with Crippen molar-refractivity contribution in [2.75, 3.05) is 7.11 Å². The highest BCUT2D eigenvalue weighted by molar-refractivity contribution is 6.32. The molecule has 0 unspecified atom stereocenters. The maximum Gasteiger partial charge on any atom is 0.311 e. The van der Waals surface area contributed by atoms with Gasteiger partial charge in [-0.3, -0.25) is 14.4 Å². The van der Waals surface area contributed by atoms with Gasteiger partial charge in [0.15, 0.2) is 0 Å². The van der Waals surface area contributed by atoms with Crippen LogP contribution in [0, 0.1) is 5.41 Å². The lowest BCUT2D eigenvalue weighted by Crippen LogP contribution is -2.54. The number of nitrogens with one attached hydrogen (secondary N) is 2. The van der Waals surface area contributed by atoms with E-state index in [1.807, 2.05) is 0 Å². The Kier molecular flexibility index (Phi) is 8.09. The first-order chi connectivity index (χ1) is 12.5. The highest BCUT2D eigenvalue weighted by Gasteiger charge is 2.36. The number of carbonyl (C=O) groups excluding carboxylic acids is 2. The highest BCUT2D eigenvalue weighted by atomic mass is 35.5. The molecule has 0 aliphatic rings. The van der Waals surface area contributed by atoms with Crippen LogP contribution in [0.4, 0.5) is 0 Å². The zero-order valence-electron chi connectivity index (χ0n) is 16.3. The Labute approximate surface area is 164 Å². The van der Waals surface area contributed by atoms with Crippen molar-refractivity contribution in [3.8, 4) is 5.75 Å². The third-order valence-electron chi connectivity index (χ3n) is 4.62. The van der Waals surface area contributed by atoms with Crippen molar-refractivity contribution in [2.45, 2.75) is 52.6 Å². The standard InChI is InChI=1S/C19H27ClN2O5/c1-6-16(23)22-14(10-12-7-8-15(27-5)13(20)9-12)17(24)21-11(2)19(3,4)18(25)26/h7-9,11,14H,6,10H2,1-5H3,(H,21,24)(H,22,23)(H,25,26)/t11-,14+/m0/s1. The van der Waals surface area contributed by atoms with Gasteiger partial charge in [0.25, 0.3) is 0 Å². The average molecular weight is 399 g/mol. The smallest absolute Gasteiger partial charge is 0.311 e. The molecule has 1 aromatic carbocycles. The monoisotopic (exact) mass is 398 g/mol. The Bertz CT molecular complexity index is 705. The normalized spacial score (nSPS) is 13.4. The topological polar surface area (TPSA) is 105 Å². The predicted octanol–water partition coefficient (Wildman–Crippen LogP) is 2.40. The molecule has 0 aromatic heterocycles. The average Bonchev–Trinajstić information content (AvgIpc) is 2.60. The van der Waals surface area contributed by atoms with Crippen LogP contribution < -0.4 is 15.4 Å². The van der Waals surface area contributed by atoms with E-state index in [4.69, 9.17) is 16.3 Å². The van der Waals surface area contributed by atoms with Gasteiger partial charge in [0.2, 0.25) is 11.8 Å². The summed E-state index contributed by atoms with van der Waals surface area (Å²) >= 11 is 6.13. The Morgan fingerprint density at radius 3 is 2.37 bits per heavy atom. The van der Waals surface area contributed by atoms with Crippen LogP contribution in [0.25, 0.3) is 0 Å². The summed E-state index contributed by atoms with van der Waals surface area (Å²) in [5.74, 6) is -1.24. The molecule has 0 fully saturated rings. The van der Waals surface area contributed by atoms with E-state index in [0.717, 1.165) is 5.56 Å². The first kappa shape index (κ1) is 22.8. The molecule has 0 aliphatic heterocycles. The molecule has 0 saturated carbocycles. The third kappa shape index (κ3) is 6.13. The molecule has 1 aromatic rings. The number of aliphatic carboxylic acids is 1. The van der Waals surface area contributed by atoms with E-state index in [1.165, 1.54) is 21.0 Å². The van der Waals surface area contributed by atoms with E-state index in [2.05, 4.69) is 10.6 Å². The van der Waals surface area contributed by atoms with E-state index < -0.39 is 29.4 Å². The lowest BCUT2D eigenvalue weighted by Gasteiger charge is -2.30. The molecule has 0 bridgehead atoms. The number of hydrogen-bond donors (Lipinski definition) is 3. The van der Waals surface area contributed by atoms with Gasteiger partial charge in [-0.2, -0.15) is 0 Å². The number of carbonyl (C=O) groups is 3. The summed E-state index contributed by atoms with van der Waals surface area (Å²) < 4.78 is 5.11. The number of amides is 2. The van der Waals surface area contributed by atoms with Gasteiger partial charge in [0.1, 0.15) is 11.8 Å². The highest BCUT2D eigenvalue weighted by Crippen LogP contribution is 2.26. The molecule has 27 heavy (non-hydrogen) atoms. The number of ether oxygens (including phenoxy) is 1. The maximum absolute atomic E-state index is 12.7. The van der Waals surface area contributed by atoms with Crippen LogP contribution in [0.1, 0.15) is 39.7 Å². The van der Waals surface area contributed by atoms with Gasteiger partial charge in [-0.15, -0.1) is 0 Å². The summed E-state index contributed by atoms with van der Waals surface area (Å²) in [4.78, 5) is 35.9. The van der Waals surface area contributed by atoms with Gasteiger partial charge < -0.3 is 20.5 Å². The van der Waals surface area contributed by atoms with Crippen molar-refractivity contribution in [1.82, 2.24) is 10.6 Å². The maximum atomic E-state index is 12.7. The molecule has 1 rings (SSSR count). The van der Waals surface area contributed by atoms with Gasteiger partial charge in [0, 0.05) is 18.9 Å². The summed E-state index contributed by atoms with van der Waals surface area (Å²) in [6, 6.07) is 3.62. The fourth-order valence-corrected chi connectivity index (χ4v) is 2.54. The Hall–Kier alpha value is -2.28. The number of rotatable bonds is 9. The van der Waals surface area contributed by atoms with Crippen LogP contribution >= 0.6 is 11.6 Å². The van der Waals surface area contributed by atoms with Crippen LogP contribution in [0.15, 0.2) is 18.2 Å². The molecule has 150 valence electrons. The molecule has 0 aliphatic carbocycles. The van der Waals surface area contributed by atoms with E-state index in [9.17, 15) is 19.5 Å². The van der Waals surface area contributed by atoms with Gasteiger partial charge in [-0.25, -0.2) is 0 Å². The van der Waals surface area contributed by atoms with Crippen LogP contribution in [0.2, 0.25) is 5.02 Å². The zero-order chi connectivity index (χ0) is 20.8. The van der Waals surface area contributed by atoms with E-state index in [0.29, 0.717) is 10.8 Å². The molecular formula is C19H27ClN2O5. The van der Waals surface area contributed by atoms with Crippen molar-refractivity contribution < 1.29 is 24.2 Å². The molecule has 2 atom stereocenters. The van der Waals surface area contributed by atoms with Crippen LogP contribution in [0.3, 0.4) is 0 Å². The van der Waals surface area contributed by atoms with E-state index >= 15 is 0 Å². The fourth-order valence-electron chi connectivity index (χ4n) is 2.26. The van der Waals surface area contributed by atoms with Crippen molar-refractivity contribution in [3.05, 3.63) is 28.8 Å². The first-order valence-electron chi connectivity index (χ1n) is 8.68. The predicted molar refractivity (Wildman–Crippen MR) is 103 cm³/mol. The molecule has 8 heteroatoms. The van der Waals surface area contributed by atoms with E-state index in [1.54, 1.807) is 32.0 Å². The second-order valence-electron chi connectivity index (χ2n) is 6.90. The Morgan fingerprint density at radius 2 is 1.89 bits per heavy atom. The summed E-state index contributed by atoms with van der Waals surface area (Å²) in [5, 5.41) is 15.1. The van der Waals surface area contributed by atoms with Gasteiger partial charge >= 0.3 is 5.97 Å². The number of hydrogen-bond acceptors (Lipinski definition) is 4. The SMILES string of the molecule is CCC(=O)N[C@H](Cc1ccc(OC)c(Cl)c1)C(=O)N[C@@H](C)C(C)(C)C(=O)O. The number of benzene rings is 1. The van der Waals surface area contributed by atoms with Gasteiger partial charge in [-0.1, -0.05) is 24.6 Å². The number of methoxy groups -OCH3 is 1. The van der Waals surface area contributed by atoms with Crippen LogP contribution in [-0.2, 0) is 20.8 Å². The molecule has 2 amide bonds. The van der Waals surface area contributed by atoms with Crippen molar-refractivity contribution in [2.24, 2.45) is 5.41 Å². The molecule has 0 saturated heterocycles. The van der Waals surface area contributed by atoms with Crippen LogP contribution in [-0.4, -0.2) is 42.1 Å². The third-order valence-corrected chi connectivity index (χ3v) is 4.92. The van der Waals surface area contributed by atoms with Crippen molar-refractivity contribution in [3.63, 3.8) is 0 Å². The summed E-state index contributed by atoms with van der Waals surface area (Å²) in [6.07, 6.45) is 0.435. The molecule has 7 nitrogen and oxygen atoms in total. The zero-order valence-corrected chi connectivity index (χ0v) is 17.0. The Balaban J connectivity index is 2.99. The summed E-state index contributed by atoms with van der Waals surface area (Å²) in [6.45, 7) is 6.37. The van der Waals surface area contributed by atoms with Crippen LogP contribution in [0.5, 0.6) is 5.75 Å². The van der Waals surface area contributed by atoms with Gasteiger partial charge in [0.05, 0.1) is 17.5 Å². The number of halogens is 1. The minimum absolute atomic E-state index is 0.210. The minimum atomic E-state index is -1.15. The molecule has 0 heterocycles. The lowest BCUT2D eigenvalue weighted by molar-refractivity contribution is -0.149. The van der Waals surface area contributed by atoms with Crippen molar-refractivity contribution in [1.29, 1.82) is 0 Å².